The number of hydrogen-bond acceptors (Lipinski definition) is 2. The number of benzene rings is 2. The number of rotatable bonds is 4. The van der Waals surface area contributed by atoms with Gasteiger partial charge in [-0.05, 0) is 35.4 Å². The van der Waals surface area contributed by atoms with Crippen LogP contribution in [0.3, 0.4) is 0 Å². The number of alkyl halides is 1. The zero-order chi connectivity index (χ0) is 12.1. The second-order valence-electron chi connectivity index (χ2n) is 3.73. The summed E-state index contributed by atoms with van der Waals surface area (Å²) < 4.78 is 5.61. The Labute approximate surface area is 105 Å². The standard InChI is InChI=1S/C14H13ClO2/c15-9-11-3-7-14(8-4-11)17-10-12-1-5-13(16)6-2-12/h1-8,16H,9-10H2. The summed E-state index contributed by atoms with van der Waals surface area (Å²) >= 11 is 5.70. The van der Waals surface area contributed by atoms with Gasteiger partial charge in [-0.25, -0.2) is 0 Å². The number of hydrogen-bond donors (Lipinski definition) is 1. The van der Waals surface area contributed by atoms with Gasteiger partial charge >= 0.3 is 0 Å². The number of aromatic hydroxyl groups is 1. The van der Waals surface area contributed by atoms with Crippen molar-refractivity contribution in [1.82, 2.24) is 0 Å². The average molecular weight is 249 g/mol. The lowest BCUT2D eigenvalue weighted by Gasteiger charge is -2.06. The number of halogens is 1. The van der Waals surface area contributed by atoms with Gasteiger partial charge in [0.05, 0.1) is 0 Å². The molecule has 2 nitrogen and oxygen atoms in total. The zero-order valence-corrected chi connectivity index (χ0v) is 10.0. The lowest BCUT2D eigenvalue weighted by atomic mass is 10.2. The van der Waals surface area contributed by atoms with E-state index >= 15 is 0 Å². The average Bonchev–Trinajstić information content (AvgIpc) is 2.39. The highest BCUT2D eigenvalue weighted by molar-refractivity contribution is 6.17. The maximum absolute atomic E-state index is 9.15. The molecule has 2 aromatic rings. The quantitative estimate of drug-likeness (QED) is 0.836. The fourth-order valence-electron chi connectivity index (χ4n) is 1.43. The second kappa shape index (κ2) is 5.60. The summed E-state index contributed by atoms with van der Waals surface area (Å²) in [6.07, 6.45) is 0. The normalized spacial score (nSPS) is 10.2. The third-order valence-corrected chi connectivity index (χ3v) is 2.73. The smallest absolute Gasteiger partial charge is 0.119 e. The highest BCUT2D eigenvalue weighted by atomic mass is 35.5. The van der Waals surface area contributed by atoms with Gasteiger partial charge < -0.3 is 9.84 Å². The van der Waals surface area contributed by atoms with Crippen LogP contribution >= 0.6 is 11.6 Å². The molecule has 1 N–H and O–H groups in total. The number of ether oxygens (including phenoxy) is 1. The molecular weight excluding hydrogens is 236 g/mol. The van der Waals surface area contributed by atoms with Crippen molar-refractivity contribution >= 4 is 11.6 Å². The van der Waals surface area contributed by atoms with Crippen molar-refractivity contribution in [3.05, 3.63) is 59.7 Å². The van der Waals surface area contributed by atoms with Crippen LogP contribution in [0.25, 0.3) is 0 Å². The van der Waals surface area contributed by atoms with Crippen LogP contribution in [-0.4, -0.2) is 5.11 Å². The molecule has 3 heteroatoms. The lowest BCUT2D eigenvalue weighted by molar-refractivity contribution is 0.306. The van der Waals surface area contributed by atoms with Gasteiger partial charge in [0.1, 0.15) is 18.1 Å². The Hall–Kier alpha value is -1.67. The van der Waals surface area contributed by atoms with Crippen LogP contribution in [-0.2, 0) is 12.5 Å². The maximum atomic E-state index is 9.15. The zero-order valence-electron chi connectivity index (χ0n) is 9.27. The molecule has 0 fully saturated rings. The molecule has 2 aromatic carbocycles. The fraction of sp³-hybridized carbons (Fsp3) is 0.143. The second-order valence-corrected chi connectivity index (χ2v) is 4.00. The summed E-state index contributed by atoms with van der Waals surface area (Å²) in [5, 5.41) is 9.15. The summed E-state index contributed by atoms with van der Waals surface area (Å²) in [4.78, 5) is 0. The third-order valence-electron chi connectivity index (χ3n) is 2.42. The van der Waals surface area contributed by atoms with Crippen molar-refractivity contribution in [2.45, 2.75) is 12.5 Å². The molecule has 0 aliphatic heterocycles. The molecule has 0 bridgehead atoms. The topological polar surface area (TPSA) is 29.5 Å². The van der Waals surface area contributed by atoms with E-state index in [-0.39, 0.29) is 5.75 Å². The van der Waals surface area contributed by atoms with Gasteiger partial charge in [-0.3, -0.25) is 0 Å². The number of phenols is 1. The molecule has 0 aliphatic rings. The molecule has 0 spiro atoms. The van der Waals surface area contributed by atoms with E-state index in [4.69, 9.17) is 21.4 Å². The minimum Gasteiger partial charge on any atom is -0.508 e. The molecule has 0 saturated heterocycles. The van der Waals surface area contributed by atoms with Crippen molar-refractivity contribution in [3.8, 4) is 11.5 Å². The van der Waals surface area contributed by atoms with E-state index in [9.17, 15) is 0 Å². The molecule has 0 heterocycles. The van der Waals surface area contributed by atoms with E-state index in [1.54, 1.807) is 12.1 Å². The van der Waals surface area contributed by atoms with Crippen LogP contribution in [0.4, 0.5) is 0 Å². The highest BCUT2D eigenvalue weighted by Crippen LogP contribution is 2.16. The summed E-state index contributed by atoms with van der Waals surface area (Å²) in [5.41, 5.74) is 2.09. The third kappa shape index (κ3) is 3.40. The van der Waals surface area contributed by atoms with Crippen LogP contribution < -0.4 is 4.74 Å². The molecule has 0 amide bonds. The molecule has 0 atom stereocenters. The summed E-state index contributed by atoms with van der Waals surface area (Å²) in [5.74, 6) is 1.59. The monoisotopic (exact) mass is 248 g/mol. The van der Waals surface area contributed by atoms with E-state index in [0.29, 0.717) is 12.5 Å². The van der Waals surface area contributed by atoms with Crippen LogP contribution in [0.2, 0.25) is 0 Å². The van der Waals surface area contributed by atoms with Gasteiger partial charge in [0, 0.05) is 5.88 Å². The molecule has 0 saturated carbocycles. The highest BCUT2D eigenvalue weighted by Gasteiger charge is 1.97. The van der Waals surface area contributed by atoms with Crippen LogP contribution in [0.15, 0.2) is 48.5 Å². The maximum Gasteiger partial charge on any atom is 0.119 e. The Balaban J connectivity index is 1.95. The van der Waals surface area contributed by atoms with Gasteiger partial charge in [0.15, 0.2) is 0 Å². The van der Waals surface area contributed by atoms with Crippen molar-refractivity contribution in [2.75, 3.05) is 0 Å². The molecule has 17 heavy (non-hydrogen) atoms. The lowest BCUT2D eigenvalue weighted by Crippen LogP contribution is -1.94. The van der Waals surface area contributed by atoms with Gasteiger partial charge in [0.25, 0.3) is 0 Å². The fourth-order valence-corrected chi connectivity index (χ4v) is 1.61. The Kier molecular flexibility index (Phi) is 3.89. The molecule has 0 aliphatic carbocycles. The molecule has 88 valence electrons. The van der Waals surface area contributed by atoms with E-state index in [2.05, 4.69) is 0 Å². The minimum absolute atomic E-state index is 0.264. The van der Waals surface area contributed by atoms with Gasteiger partial charge in [-0.2, -0.15) is 0 Å². The van der Waals surface area contributed by atoms with E-state index in [1.807, 2.05) is 36.4 Å². The molecule has 2 rings (SSSR count). The summed E-state index contributed by atoms with van der Waals surface area (Å²) in [7, 11) is 0. The largest absolute Gasteiger partial charge is 0.508 e. The van der Waals surface area contributed by atoms with E-state index in [0.717, 1.165) is 16.9 Å². The molecule has 0 unspecified atom stereocenters. The first kappa shape index (κ1) is 11.8. The van der Waals surface area contributed by atoms with E-state index < -0.39 is 0 Å². The van der Waals surface area contributed by atoms with Gasteiger partial charge in [-0.15, -0.1) is 11.6 Å². The van der Waals surface area contributed by atoms with Gasteiger partial charge in [-0.1, -0.05) is 24.3 Å². The van der Waals surface area contributed by atoms with Crippen LogP contribution in [0, 0.1) is 0 Å². The van der Waals surface area contributed by atoms with Crippen molar-refractivity contribution in [1.29, 1.82) is 0 Å². The predicted molar refractivity (Wildman–Crippen MR) is 68.4 cm³/mol. The summed E-state index contributed by atoms with van der Waals surface area (Å²) in [6.45, 7) is 0.487. The first-order valence-electron chi connectivity index (χ1n) is 5.33. The van der Waals surface area contributed by atoms with Crippen molar-refractivity contribution in [2.24, 2.45) is 0 Å². The summed E-state index contributed by atoms with van der Waals surface area (Å²) in [6, 6.07) is 14.7. The Morgan fingerprint density at radius 2 is 1.47 bits per heavy atom. The molecule has 0 aromatic heterocycles. The van der Waals surface area contributed by atoms with Crippen LogP contribution in [0.1, 0.15) is 11.1 Å². The number of phenolic OH excluding ortho intramolecular Hbond substituents is 1. The first-order valence-corrected chi connectivity index (χ1v) is 5.87. The SMILES string of the molecule is Oc1ccc(COc2ccc(CCl)cc2)cc1. The Bertz CT molecular complexity index is 463. The predicted octanol–water partition coefficient (Wildman–Crippen LogP) is 3.71. The van der Waals surface area contributed by atoms with Crippen molar-refractivity contribution in [3.63, 3.8) is 0 Å². The van der Waals surface area contributed by atoms with Crippen LogP contribution in [0.5, 0.6) is 11.5 Å². The first-order chi connectivity index (χ1) is 8.28. The molecular formula is C14H13ClO2. The molecule has 0 radical (unpaired) electrons. The van der Waals surface area contributed by atoms with E-state index in [1.165, 1.54) is 0 Å². The Morgan fingerprint density at radius 3 is 2.06 bits per heavy atom. The minimum atomic E-state index is 0.264. The van der Waals surface area contributed by atoms with Crippen molar-refractivity contribution < 1.29 is 9.84 Å². The van der Waals surface area contributed by atoms with Gasteiger partial charge in [0.2, 0.25) is 0 Å². The Morgan fingerprint density at radius 1 is 0.882 bits per heavy atom.